The van der Waals surface area contributed by atoms with Crippen LogP contribution in [-0.2, 0) is 4.74 Å². The Bertz CT molecular complexity index is 283. The van der Waals surface area contributed by atoms with Gasteiger partial charge in [0.1, 0.15) is 0 Å². The quantitative estimate of drug-likeness (QED) is 0.395. The van der Waals surface area contributed by atoms with E-state index in [4.69, 9.17) is 9.73 Å². The molecule has 0 aromatic rings. The number of aliphatic imine (C=N–C) groups is 1. The van der Waals surface area contributed by atoms with E-state index in [9.17, 15) is 0 Å². The number of guanidine groups is 1. The van der Waals surface area contributed by atoms with Crippen molar-refractivity contribution in [1.29, 1.82) is 0 Å². The Hall–Kier alpha value is -0.0800. The van der Waals surface area contributed by atoms with Crippen molar-refractivity contribution >= 4 is 29.9 Å². The van der Waals surface area contributed by atoms with E-state index in [0.29, 0.717) is 6.04 Å². The van der Waals surface area contributed by atoms with E-state index >= 15 is 0 Å². The van der Waals surface area contributed by atoms with Crippen LogP contribution in [0.5, 0.6) is 0 Å². The molecule has 1 aliphatic rings. The van der Waals surface area contributed by atoms with Crippen molar-refractivity contribution in [3.8, 4) is 0 Å². The predicted octanol–water partition coefficient (Wildman–Crippen LogP) is 2.02. The number of halogens is 1. The van der Waals surface area contributed by atoms with Crippen LogP contribution >= 0.6 is 24.0 Å². The second-order valence-corrected chi connectivity index (χ2v) is 5.47. The summed E-state index contributed by atoms with van der Waals surface area (Å²) in [5.41, 5.74) is 0. The summed E-state index contributed by atoms with van der Waals surface area (Å²) in [6, 6.07) is 0.479. The Kier molecular flexibility index (Phi) is 12.4. The van der Waals surface area contributed by atoms with E-state index in [-0.39, 0.29) is 24.0 Å². The van der Waals surface area contributed by atoms with Crippen molar-refractivity contribution in [3.63, 3.8) is 0 Å². The molecule has 0 aromatic carbocycles. The van der Waals surface area contributed by atoms with Gasteiger partial charge in [-0.3, -0.25) is 9.89 Å². The molecule has 0 aromatic heterocycles. The maximum atomic E-state index is 5.40. The van der Waals surface area contributed by atoms with Gasteiger partial charge in [0.05, 0.1) is 19.8 Å². The maximum absolute atomic E-state index is 5.40. The molecule has 0 spiro atoms. The normalized spacial score (nSPS) is 18.0. The summed E-state index contributed by atoms with van der Waals surface area (Å²) in [6.45, 7) is 13.2. The zero-order valence-electron chi connectivity index (χ0n) is 14.1. The first-order valence-electron chi connectivity index (χ1n) is 8.00. The SMILES string of the molecule is CCCCN(C)C(=NCC(C)N1CCOCC1)NCC.I. The van der Waals surface area contributed by atoms with Crippen LogP contribution in [0.1, 0.15) is 33.6 Å². The summed E-state index contributed by atoms with van der Waals surface area (Å²) >= 11 is 0. The molecule has 1 rings (SSSR count). The lowest BCUT2D eigenvalue weighted by Gasteiger charge is -2.31. The van der Waals surface area contributed by atoms with Crippen molar-refractivity contribution in [2.45, 2.75) is 39.7 Å². The average molecular weight is 412 g/mol. The van der Waals surface area contributed by atoms with Crippen LogP contribution in [0.3, 0.4) is 0 Å². The molecule has 0 aliphatic carbocycles. The second kappa shape index (κ2) is 12.5. The third-order valence-electron chi connectivity index (χ3n) is 3.72. The summed E-state index contributed by atoms with van der Waals surface area (Å²) in [5.74, 6) is 1.03. The minimum Gasteiger partial charge on any atom is -0.379 e. The highest BCUT2D eigenvalue weighted by atomic mass is 127. The smallest absolute Gasteiger partial charge is 0.193 e. The highest BCUT2D eigenvalue weighted by Gasteiger charge is 2.17. The van der Waals surface area contributed by atoms with Gasteiger partial charge < -0.3 is 15.0 Å². The van der Waals surface area contributed by atoms with E-state index in [1.807, 2.05) is 0 Å². The van der Waals surface area contributed by atoms with Crippen LogP contribution in [0, 0.1) is 0 Å². The van der Waals surface area contributed by atoms with E-state index < -0.39 is 0 Å². The summed E-state index contributed by atoms with van der Waals surface area (Å²) in [5, 5.41) is 3.38. The van der Waals surface area contributed by atoms with Gasteiger partial charge in [0.2, 0.25) is 0 Å². The Labute approximate surface area is 147 Å². The van der Waals surface area contributed by atoms with Gasteiger partial charge in [-0.1, -0.05) is 13.3 Å². The lowest BCUT2D eigenvalue weighted by Crippen LogP contribution is -2.45. The summed E-state index contributed by atoms with van der Waals surface area (Å²) in [7, 11) is 2.12. The van der Waals surface area contributed by atoms with Crippen LogP contribution in [0.25, 0.3) is 0 Å². The largest absolute Gasteiger partial charge is 0.379 e. The lowest BCUT2D eigenvalue weighted by atomic mass is 10.2. The zero-order chi connectivity index (χ0) is 14.8. The van der Waals surface area contributed by atoms with Gasteiger partial charge in [-0.25, -0.2) is 0 Å². The molecule has 0 amide bonds. The van der Waals surface area contributed by atoms with E-state index in [1.54, 1.807) is 0 Å². The fraction of sp³-hybridized carbons (Fsp3) is 0.933. The Morgan fingerprint density at radius 1 is 1.33 bits per heavy atom. The molecule has 1 heterocycles. The summed E-state index contributed by atoms with van der Waals surface area (Å²) < 4.78 is 5.40. The standard InChI is InChI=1S/C15H32N4O.HI/c1-5-7-8-18(4)15(16-6-2)17-13-14(3)19-9-11-20-12-10-19;/h14H,5-13H2,1-4H3,(H,16,17);1H. The first kappa shape index (κ1) is 20.9. The number of nitrogens with zero attached hydrogens (tertiary/aromatic N) is 3. The van der Waals surface area contributed by atoms with Crippen LogP contribution in [0.15, 0.2) is 4.99 Å². The first-order chi connectivity index (χ1) is 9.69. The maximum Gasteiger partial charge on any atom is 0.193 e. The van der Waals surface area contributed by atoms with Gasteiger partial charge in [0.15, 0.2) is 5.96 Å². The number of morpholine rings is 1. The van der Waals surface area contributed by atoms with Gasteiger partial charge in [-0.15, -0.1) is 24.0 Å². The Morgan fingerprint density at radius 2 is 2.00 bits per heavy atom. The van der Waals surface area contributed by atoms with Gasteiger partial charge in [-0.05, 0) is 20.3 Å². The molecule has 1 fully saturated rings. The summed E-state index contributed by atoms with van der Waals surface area (Å²) in [6.07, 6.45) is 2.42. The molecule has 1 saturated heterocycles. The van der Waals surface area contributed by atoms with E-state index in [2.05, 4.69) is 42.9 Å². The van der Waals surface area contributed by atoms with Crippen LogP contribution in [-0.4, -0.2) is 74.8 Å². The number of unbranched alkanes of at least 4 members (excludes halogenated alkanes) is 1. The number of hydrogen-bond acceptors (Lipinski definition) is 3. The van der Waals surface area contributed by atoms with Crippen LogP contribution in [0.4, 0.5) is 0 Å². The molecule has 5 nitrogen and oxygen atoms in total. The third-order valence-corrected chi connectivity index (χ3v) is 3.72. The fourth-order valence-electron chi connectivity index (χ4n) is 2.32. The molecule has 6 heteroatoms. The first-order valence-corrected chi connectivity index (χ1v) is 8.00. The van der Waals surface area contributed by atoms with Gasteiger partial charge >= 0.3 is 0 Å². The third kappa shape index (κ3) is 8.21. The van der Waals surface area contributed by atoms with Gasteiger partial charge in [0.25, 0.3) is 0 Å². The molecule has 1 atom stereocenters. The lowest BCUT2D eigenvalue weighted by molar-refractivity contribution is 0.0220. The number of rotatable bonds is 7. The van der Waals surface area contributed by atoms with E-state index in [0.717, 1.165) is 51.9 Å². The van der Waals surface area contributed by atoms with Crippen molar-refractivity contribution in [1.82, 2.24) is 15.1 Å². The fourth-order valence-corrected chi connectivity index (χ4v) is 2.32. The molecule has 1 N–H and O–H groups in total. The minimum atomic E-state index is 0. The highest BCUT2D eigenvalue weighted by Crippen LogP contribution is 2.04. The minimum absolute atomic E-state index is 0. The number of hydrogen-bond donors (Lipinski definition) is 1. The predicted molar refractivity (Wildman–Crippen MR) is 101 cm³/mol. The molecule has 126 valence electrons. The Morgan fingerprint density at radius 3 is 2.57 bits per heavy atom. The molecule has 1 aliphatic heterocycles. The van der Waals surface area contributed by atoms with Crippen LogP contribution < -0.4 is 5.32 Å². The molecule has 0 saturated carbocycles. The van der Waals surface area contributed by atoms with Crippen molar-refractivity contribution in [3.05, 3.63) is 0 Å². The molecule has 0 bridgehead atoms. The highest BCUT2D eigenvalue weighted by molar-refractivity contribution is 14.0. The van der Waals surface area contributed by atoms with Crippen molar-refractivity contribution in [2.75, 3.05) is 53.0 Å². The Balaban J connectivity index is 0.00000400. The molecule has 1 unspecified atom stereocenters. The van der Waals surface area contributed by atoms with Crippen molar-refractivity contribution < 1.29 is 4.74 Å². The molecular formula is C15H33IN4O. The summed E-state index contributed by atoms with van der Waals surface area (Å²) in [4.78, 5) is 9.49. The van der Waals surface area contributed by atoms with Gasteiger partial charge in [-0.2, -0.15) is 0 Å². The zero-order valence-corrected chi connectivity index (χ0v) is 16.4. The molecular weight excluding hydrogens is 379 g/mol. The number of ether oxygens (including phenoxy) is 1. The second-order valence-electron chi connectivity index (χ2n) is 5.47. The molecule has 21 heavy (non-hydrogen) atoms. The topological polar surface area (TPSA) is 40.1 Å². The number of nitrogens with one attached hydrogen (secondary N) is 1. The van der Waals surface area contributed by atoms with Crippen LogP contribution in [0.2, 0.25) is 0 Å². The van der Waals surface area contributed by atoms with Gasteiger partial charge in [0, 0.05) is 39.3 Å². The molecule has 0 radical (unpaired) electrons. The monoisotopic (exact) mass is 412 g/mol. The average Bonchev–Trinajstić information content (AvgIpc) is 2.49. The van der Waals surface area contributed by atoms with Crippen molar-refractivity contribution in [2.24, 2.45) is 4.99 Å². The van der Waals surface area contributed by atoms with E-state index in [1.165, 1.54) is 12.8 Å².